The van der Waals surface area contributed by atoms with Crippen LogP contribution in [0.25, 0.3) is 16.6 Å². The largest absolute Gasteiger partial charge is 0.508 e. The first-order valence-corrected chi connectivity index (χ1v) is 12.9. The SMILES string of the molecule is CCc1cc(O)ccc1N=C(N)c1cnn2cc(-c3cnc(OC)cc3C)cc2c1NC1CC2(COC2)C1. The van der Waals surface area contributed by atoms with Crippen LogP contribution in [0.3, 0.4) is 0 Å². The molecule has 0 bridgehead atoms. The van der Waals surface area contributed by atoms with E-state index in [2.05, 4.69) is 21.5 Å². The number of hydrogen-bond donors (Lipinski definition) is 3. The Labute approximate surface area is 221 Å². The van der Waals surface area contributed by atoms with E-state index in [1.54, 1.807) is 31.5 Å². The molecule has 1 aromatic carbocycles. The van der Waals surface area contributed by atoms with Gasteiger partial charge in [-0.3, -0.25) is 0 Å². The maximum atomic E-state index is 9.90. The molecule has 0 unspecified atom stereocenters. The van der Waals surface area contributed by atoms with Crippen molar-refractivity contribution in [3.05, 3.63) is 65.6 Å². The van der Waals surface area contributed by atoms with E-state index < -0.39 is 0 Å². The number of rotatable bonds is 7. The summed E-state index contributed by atoms with van der Waals surface area (Å²) >= 11 is 0. The summed E-state index contributed by atoms with van der Waals surface area (Å²) < 4.78 is 12.6. The molecule has 0 atom stereocenters. The number of fused-ring (bicyclic) bond motifs is 1. The van der Waals surface area contributed by atoms with Gasteiger partial charge in [0, 0.05) is 41.0 Å². The molecule has 4 aromatic rings. The second-order valence-corrected chi connectivity index (χ2v) is 10.4. The van der Waals surface area contributed by atoms with Gasteiger partial charge in [-0.15, -0.1) is 0 Å². The van der Waals surface area contributed by atoms with Crippen LogP contribution in [0.1, 0.15) is 36.5 Å². The van der Waals surface area contributed by atoms with E-state index in [0.29, 0.717) is 23.2 Å². The van der Waals surface area contributed by atoms with Gasteiger partial charge in [0.15, 0.2) is 0 Å². The monoisotopic (exact) mass is 512 g/mol. The number of pyridine rings is 1. The summed E-state index contributed by atoms with van der Waals surface area (Å²) in [5, 5.41) is 18.4. The molecule has 9 nitrogen and oxygen atoms in total. The second-order valence-electron chi connectivity index (χ2n) is 10.4. The molecule has 1 saturated heterocycles. The first-order chi connectivity index (χ1) is 18.4. The fourth-order valence-electron chi connectivity index (χ4n) is 5.57. The van der Waals surface area contributed by atoms with Crippen LogP contribution in [0.4, 0.5) is 11.4 Å². The van der Waals surface area contributed by atoms with Crippen LogP contribution in [0, 0.1) is 12.3 Å². The van der Waals surface area contributed by atoms with Crippen LogP contribution in [-0.4, -0.2) is 51.9 Å². The lowest BCUT2D eigenvalue weighted by Gasteiger charge is -2.53. The number of ether oxygens (including phenoxy) is 2. The van der Waals surface area contributed by atoms with Gasteiger partial charge in [0.1, 0.15) is 11.6 Å². The lowest BCUT2D eigenvalue weighted by molar-refractivity contribution is -0.159. The van der Waals surface area contributed by atoms with E-state index in [0.717, 1.165) is 77.2 Å². The van der Waals surface area contributed by atoms with Gasteiger partial charge >= 0.3 is 0 Å². The van der Waals surface area contributed by atoms with Crippen molar-refractivity contribution in [2.24, 2.45) is 16.1 Å². The number of nitrogens with two attached hydrogens (primary N) is 1. The quantitative estimate of drug-likeness (QED) is 0.244. The molecule has 0 radical (unpaired) electrons. The number of aromatic nitrogens is 3. The van der Waals surface area contributed by atoms with Crippen molar-refractivity contribution in [3.63, 3.8) is 0 Å². The maximum absolute atomic E-state index is 9.90. The molecule has 6 rings (SSSR count). The number of aromatic hydroxyl groups is 1. The fourth-order valence-corrected chi connectivity index (χ4v) is 5.57. The summed E-state index contributed by atoms with van der Waals surface area (Å²) in [5.41, 5.74) is 14.3. The zero-order chi connectivity index (χ0) is 26.4. The number of benzene rings is 1. The highest BCUT2D eigenvalue weighted by molar-refractivity contribution is 6.06. The fraction of sp³-hybridized carbons (Fsp3) is 0.345. The number of hydrogen-bond acceptors (Lipinski definition) is 7. The third-order valence-electron chi connectivity index (χ3n) is 7.73. The molecule has 1 spiro atoms. The van der Waals surface area contributed by atoms with Crippen LogP contribution in [0.5, 0.6) is 11.6 Å². The van der Waals surface area contributed by atoms with E-state index in [9.17, 15) is 5.11 Å². The van der Waals surface area contributed by atoms with Gasteiger partial charge < -0.3 is 25.6 Å². The zero-order valence-corrected chi connectivity index (χ0v) is 21.9. The van der Waals surface area contributed by atoms with Gasteiger partial charge in [-0.05, 0) is 61.6 Å². The molecule has 4 N–H and O–H groups in total. The van der Waals surface area contributed by atoms with Gasteiger partial charge in [-0.2, -0.15) is 5.10 Å². The summed E-state index contributed by atoms with van der Waals surface area (Å²) in [6.45, 7) is 5.75. The maximum Gasteiger partial charge on any atom is 0.213 e. The lowest BCUT2D eigenvalue weighted by atomic mass is 9.64. The predicted molar refractivity (Wildman–Crippen MR) is 147 cm³/mol. The number of nitrogens with one attached hydrogen (secondary N) is 1. The molecular formula is C29H32N6O3. The van der Waals surface area contributed by atoms with Crippen molar-refractivity contribution in [3.8, 4) is 22.8 Å². The number of amidine groups is 1. The number of anilines is 1. The summed E-state index contributed by atoms with van der Waals surface area (Å²) in [4.78, 5) is 9.17. The van der Waals surface area contributed by atoms with Gasteiger partial charge in [0.2, 0.25) is 5.88 Å². The molecule has 0 amide bonds. The highest BCUT2D eigenvalue weighted by Gasteiger charge is 2.50. The Morgan fingerprint density at radius 2 is 2.08 bits per heavy atom. The van der Waals surface area contributed by atoms with E-state index in [-0.39, 0.29) is 5.75 Å². The number of methoxy groups -OCH3 is 1. The van der Waals surface area contributed by atoms with Crippen molar-refractivity contribution in [1.82, 2.24) is 14.6 Å². The van der Waals surface area contributed by atoms with Gasteiger partial charge in [0.05, 0.1) is 49.0 Å². The topological polar surface area (TPSA) is 119 Å². The number of aliphatic imine (C=N–C) groups is 1. The summed E-state index contributed by atoms with van der Waals surface area (Å²) in [6.07, 6.45) is 8.45. The summed E-state index contributed by atoms with van der Waals surface area (Å²) in [6, 6.07) is 9.51. The molecule has 1 saturated carbocycles. The first-order valence-electron chi connectivity index (χ1n) is 12.9. The Kier molecular flexibility index (Phi) is 5.95. The van der Waals surface area contributed by atoms with Crippen molar-refractivity contribution in [2.45, 2.75) is 39.2 Å². The highest BCUT2D eigenvalue weighted by Crippen LogP contribution is 2.48. The van der Waals surface area contributed by atoms with Crippen LogP contribution in [0.15, 0.2) is 53.9 Å². The Morgan fingerprint density at radius 3 is 2.76 bits per heavy atom. The molecule has 3 aromatic heterocycles. The van der Waals surface area contributed by atoms with Gasteiger partial charge in [0.25, 0.3) is 0 Å². The Morgan fingerprint density at radius 1 is 1.26 bits per heavy atom. The van der Waals surface area contributed by atoms with Crippen LogP contribution < -0.4 is 15.8 Å². The second kappa shape index (κ2) is 9.33. The average Bonchev–Trinajstić information content (AvgIpc) is 3.29. The lowest BCUT2D eigenvalue weighted by Crippen LogP contribution is -2.56. The number of aryl methyl sites for hydroxylation is 2. The number of phenolic OH excluding ortho intramolecular Hbond substituents is 1. The van der Waals surface area contributed by atoms with Crippen molar-refractivity contribution >= 4 is 22.7 Å². The third-order valence-corrected chi connectivity index (χ3v) is 7.73. The standard InChI is InChI=1S/C29H32N6O3/c1-4-18-8-21(36)5-6-24(18)34-28(30)23-13-32-35-14-19(22-12-31-26(37-3)7-17(22)2)9-25(35)27(23)33-20-10-29(11-20)15-38-16-29/h5-9,12-14,20,33,36H,4,10-11,15-16H2,1-3H3,(H2,30,34). The van der Waals surface area contributed by atoms with Gasteiger partial charge in [-0.25, -0.2) is 14.5 Å². The van der Waals surface area contributed by atoms with Crippen LogP contribution in [0.2, 0.25) is 0 Å². The molecule has 4 heterocycles. The van der Waals surface area contributed by atoms with Crippen LogP contribution in [-0.2, 0) is 11.2 Å². The average molecular weight is 513 g/mol. The van der Waals surface area contributed by atoms with E-state index in [4.69, 9.17) is 20.2 Å². The first kappa shape index (κ1) is 24.2. The molecule has 9 heteroatoms. The van der Waals surface area contributed by atoms with Gasteiger partial charge in [-0.1, -0.05) is 6.92 Å². The van der Waals surface area contributed by atoms with E-state index >= 15 is 0 Å². The number of nitrogens with zero attached hydrogens (tertiary/aromatic N) is 4. The normalized spacial score (nSPS) is 16.9. The molecule has 38 heavy (non-hydrogen) atoms. The third kappa shape index (κ3) is 4.22. The number of phenols is 1. The van der Waals surface area contributed by atoms with Crippen molar-refractivity contribution in [1.29, 1.82) is 0 Å². The highest BCUT2D eigenvalue weighted by atomic mass is 16.5. The summed E-state index contributed by atoms with van der Waals surface area (Å²) in [5.74, 6) is 1.17. The van der Waals surface area contributed by atoms with E-state index in [1.807, 2.05) is 36.8 Å². The molecule has 196 valence electrons. The minimum Gasteiger partial charge on any atom is -0.508 e. The summed E-state index contributed by atoms with van der Waals surface area (Å²) in [7, 11) is 1.62. The molecule has 1 aliphatic carbocycles. The predicted octanol–water partition coefficient (Wildman–Crippen LogP) is 4.61. The minimum atomic E-state index is 0.215. The minimum absolute atomic E-state index is 0.215. The molecule has 2 aliphatic rings. The molecule has 1 aliphatic heterocycles. The zero-order valence-electron chi connectivity index (χ0n) is 21.9. The molecule has 2 fully saturated rings. The van der Waals surface area contributed by atoms with Crippen molar-refractivity contribution < 1.29 is 14.6 Å². The Bertz CT molecular complexity index is 1550. The van der Waals surface area contributed by atoms with E-state index in [1.165, 1.54) is 0 Å². The molecular weight excluding hydrogens is 480 g/mol. The van der Waals surface area contributed by atoms with Crippen LogP contribution >= 0.6 is 0 Å². The Balaban J connectivity index is 1.43. The smallest absolute Gasteiger partial charge is 0.213 e. The van der Waals surface area contributed by atoms with Crippen molar-refractivity contribution in [2.75, 3.05) is 25.6 Å². The Hall–Kier alpha value is -4.11.